The average Bonchev–Trinajstić information content (AvgIpc) is 2.73. The molecule has 0 bridgehead atoms. The van der Waals surface area contributed by atoms with Gasteiger partial charge in [0.25, 0.3) is 5.56 Å². The summed E-state index contributed by atoms with van der Waals surface area (Å²) in [5.74, 6) is -0.677. The van der Waals surface area contributed by atoms with Gasteiger partial charge in [-0.1, -0.05) is 30.3 Å². The fraction of sp³-hybridized carbons (Fsp3) is 0.0500. The van der Waals surface area contributed by atoms with Gasteiger partial charge in [0, 0.05) is 5.56 Å². The highest BCUT2D eigenvalue weighted by atomic mass is 79.9. The van der Waals surface area contributed by atoms with Gasteiger partial charge in [-0.2, -0.15) is 10.4 Å². The number of anilines is 1. The molecule has 11 heteroatoms. The number of benzene rings is 2. The Labute approximate surface area is 192 Å². The van der Waals surface area contributed by atoms with Crippen LogP contribution in [0.25, 0.3) is 11.3 Å². The van der Waals surface area contributed by atoms with Crippen LogP contribution in [-0.2, 0) is 4.79 Å². The van der Waals surface area contributed by atoms with Gasteiger partial charge in [-0.05, 0) is 49.6 Å². The molecule has 0 atom stereocenters. The Morgan fingerprint density at radius 3 is 2.58 bits per heavy atom. The molecule has 0 saturated heterocycles. The summed E-state index contributed by atoms with van der Waals surface area (Å²) in [4.78, 5) is 29.7. The molecule has 0 aliphatic rings. The number of nitriles is 1. The van der Waals surface area contributed by atoms with E-state index in [9.17, 15) is 14.9 Å². The van der Waals surface area contributed by atoms with Crippen molar-refractivity contribution in [2.75, 3.05) is 12.0 Å². The van der Waals surface area contributed by atoms with Gasteiger partial charge in [-0.3, -0.25) is 9.78 Å². The third-order valence-electron chi connectivity index (χ3n) is 3.82. The first-order valence-electron chi connectivity index (χ1n) is 8.61. The van der Waals surface area contributed by atoms with Crippen LogP contribution in [0.2, 0.25) is 0 Å². The van der Waals surface area contributed by atoms with Gasteiger partial charge in [0.1, 0.15) is 17.4 Å². The zero-order valence-electron chi connectivity index (χ0n) is 15.6. The van der Waals surface area contributed by atoms with E-state index in [0.29, 0.717) is 25.8 Å². The predicted molar refractivity (Wildman–Crippen MR) is 121 cm³/mol. The fourth-order valence-corrected chi connectivity index (χ4v) is 3.98. The Hall–Kier alpha value is -3.49. The molecule has 0 amide bonds. The molecule has 2 aromatic carbocycles. The lowest BCUT2D eigenvalue weighted by molar-refractivity contribution is -0.139. The highest BCUT2D eigenvalue weighted by Crippen LogP contribution is 2.34. The molecule has 0 aliphatic heterocycles. The maximum absolute atomic E-state index is 12.3. The number of carbonyl (C=O) groups is 1. The molecule has 0 saturated carbocycles. The van der Waals surface area contributed by atoms with Gasteiger partial charge < -0.3 is 9.84 Å². The van der Waals surface area contributed by atoms with Gasteiger partial charge in [0.05, 0.1) is 20.9 Å². The number of nitrogens with one attached hydrogen (secondary N) is 2. The molecule has 0 spiro atoms. The van der Waals surface area contributed by atoms with E-state index in [0.717, 1.165) is 0 Å². The van der Waals surface area contributed by atoms with E-state index in [-0.39, 0.29) is 17.2 Å². The number of nitrogens with zero attached hydrogens (tertiary/aromatic N) is 3. The second-order valence-corrected chi connectivity index (χ2v) is 7.69. The summed E-state index contributed by atoms with van der Waals surface area (Å²) < 4.78 is 6.28. The number of halogens is 2. The van der Waals surface area contributed by atoms with E-state index < -0.39 is 18.1 Å². The van der Waals surface area contributed by atoms with Crippen LogP contribution in [0.3, 0.4) is 0 Å². The highest BCUT2D eigenvalue weighted by molar-refractivity contribution is 9.11. The van der Waals surface area contributed by atoms with Crippen LogP contribution in [0.5, 0.6) is 5.75 Å². The van der Waals surface area contributed by atoms with Crippen LogP contribution in [0.4, 0.5) is 5.95 Å². The fourth-order valence-electron chi connectivity index (χ4n) is 2.53. The van der Waals surface area contributed by atoms with Crippen LogP contribution in [0.1, 0.15) is 11.1 Å². The molecular weight excluding hydrogens is 534 g/mol. The molecular formula is C20H13Br2N5O4. The van der Waals surface area contributed by atoms with Crippen LogP contribution in [-0.4, -0.2) is 33.9 Å². The van der Waals surface area contributed by atoms with E-state index in [1.807, 2.05) is 12.1 Å². The molecule has 0 unspecified atom stereocenters. The number of aromatic amines is 1. The molecule has 0 radical (unpaired) electrons. The minimum Gasteiger partial charge on any atom is -0.480 e. The average molecular weight is 547 g/mol. The largest absolute Gasteiger partial charge is 0.480 e. The van der Waals surface area contributed by atoms with Gasteiger partial charge in [0.2, 0.25) is 5.95 Å². The SMILES string of the molecule is N#Cc1c(-c2ccccc2)nc(NN=Cc2cc(Br)c(OCC(=O)O)c(Br)c2)[nH]c1=O. The quantitative estimate of drug-likeness (QED) is 0.303. The number of hydrogen-bond donors (Lipinski definition) is 3. The number of carboxylic acids is 1. The standard InChI is InChI=1S/C20H13Br2N5O4/c21-14-6-11(7-15(22)18(14)31-10-16(28)29)9-24-27-20-25-17(12-4-2-1-3-5-12)13(8-23)19(30)26-20/h1-7,9H,10H2,(H,28,29)(H2,25,26,27,30). The number of H-pyrrole nitrogens is 1. The molecule has 3 rings (SSSR count). The first kappa shape index (κ1) is 22.2. The van der Waals surface area contributed by atoms with Crippen molar-refractivity contribution >= 4 is 50.0 Å². The van der Waals surface area contributed by atoms with Crippen LogP contribution in [0.15, 0.2) is 61.3 Å². The summed E-state index contributed by atoms with van der Waals surface area (Å²) in [6.07, 6.45) is 1.47. The maximum Gasteiger partial charge on any atom is 0.341 e. The highest BCUT2D eigenvalue weighted by Gasteiger charge is 2.13. The zero-order chi connectivity index (χ0) is 22.4. The topological polar surface area (TPSA) is 140 Å². The van der Waals surface area contributed by atoms with Gasteiger partial charge in [0.15, 0.2) is 6.61 Å². The Balaban J connectivity index is 1.83. The summed E-state index contributed by atoms with van der Waals surface area (Å²) in [5, 5.41) is 22.1. The third-order valence-corrected chi connectivity index (χ3v) is 5.00. The molecule has 156 valence electrons. The minimum absolute atomic E-state index is 0.0682. The summed E-state index contributed by atoms with van der Waals surface area (Å²) in [6, 6.07) is 14.1. The number of aliphatic carboxylic acids is 1. The first-order chi connectivity index (χ1) is 14.9. The number of rotatable bonds is 7. The van der Waals surface area contributed by atoms with Crippen LogP contribution < -0.4 is 15.7 Å². The molecule has 9 nitrogen and oxygen atoms in total. The molecule has 0 aliphatic carbocycles. The Morgan fingerprint density at radius 2 is 1.97 bits per heavy atom. The summed E-state index contributed by atoms with van der Waals surface area (Å²) in [5.41, 5.74) is 3.49. The van der Waals surface area contributed by atoms with Crippen molar-refractivity contribution in [2.24, 2.45) is 5.10 Å². The second kappa shape index (κ2) is 10.0. The molecule has 3 aromatic rings. The number of ether oxygens (including phenoxy) is 1. The van der Waals surface area contributed by atoms with Crippen molar-refractivity contribution < 1.29 is 14.6 Å². The summed E-state index contributed by atoms with van der Waals surface area (Å²) in [6.45, 7) is -0.479. The lowest BCUT2D eigenvalue weighted by Crippen LogP contribution is -2.16. The van der Waals surface area contributed by atoms with Crippen molar-refractivity contribution in [3.63, 3.8) is 0 Å². The second-order valence-electron chi connectivity index (χ2n) is 5.98. The van der Waals surface area contributed by atoms with Gasteiger partial charge >= 0.3 is 5.97 Å². The van der Waals surface area contributed by atoms with E-state index in [1.54, 1.807) is 36.4 Å². The Bertz CT molecular complexity index is 1230. The third kappa shape index (κ3) is 5.56. The molecule has 31 heavy (non-hydrogen) atoms. The van der Waals surface area contributed by atoms with E-state index in [1.165, 1.54) is 6.21 Å². The van der Waals surface area contributed by atoms with Crippen molar-refractivity contribution in [2.45, 2.75) is 0 Å². The normalized spacial score (nSPS) is 10.6. The van der Waals surface area contributed by atoms with Crippen molar-refractivity contribution in [3.8, 4) is 23.1 Å². The van der Waals surface area contributed by atoms with Crippen LogP contribution >= 0.6 is 31.9 Å². The summed E-state index contributed by atoms with van der Waals surface area (Å²) in [7, 11) is 0. The molecule has 1 aromatic heterocycles. The molecule has 3 N–H and O–H groups in total. The smallest absolute Gasteiger partial charge is 0.341 e. The predicted octanol–water partition coefficient (Wildman–Crippen LogP) is 3.74. The minimum atomic E-state index is -1.09. The first-order valence-corrected chi connectivity index (χ1v) is 10.2. The van der Waals surface area contributed by atoms with E-state index in [4.69, 9.17) is 9.84 Å². The zero-order valence-corrected chi connectivity index (χ0v) is 18.8. The number of carboxylic acid groups (broad SMARTS) is 1. The van der Waals surface area contributed by atoms with Gasteiger partial charge in [-0.15, -0.1) is 0 Å². The molecule has 1 heterocycles. The van der Waals surface area contributed by atoms with E-state index in [2.05, 4.69) is 52.4 Å². The number of aromatic nitrogens is 2. The lowest BCUT2D eigenvalue weighted by atomic mass is 10.1. The monoisotopic (exact) mass is 545 g/mol. The Morgan fingerprint density at radius 1 is 1.29 bits per heavy atom. The maximum atomic E-state index is 12.3. The Kier molecular flexibility index (Phi) is 7.17. The van der Waals surface area contributed by atoms with Crippen molar-refractivity contribution in [1.82, 2.24) is 9.97 Å². The lowest BCUT2D eigenvalue weighted by Gasteiger charge is -2.09. The number of hydrogen-bond acceptors (Lipinski definition) is 7. The van der Waals surface area contributed by atoms with E-state index >= 15 is 0 Å². The summed E-state index contributed by atoms with van der Waals surface area (Å²) >= 11 is 6.65. The van der Waals surface area contributed by atoms with Crippen molar-refractivity contribution in [1.29, 1.82) is 5.26 Å². The molecule has 0 fully saturated rings. The van der Waals surface area contributed by atoms with Crippen molar-refractivity contribution in [3.05, 3.63) is 72.9 Å². The number of hydrazone groups is 1. The van der Waals surface area contributed by atoms with Gasteiger partial charge in [-0.25, -0.2) is 15.2 Å². The van der Waals surface area contributed by atoms with Crippen LogP contribution in [0, 0.1) is 11.3 Å².